The molecule has 0 aliphatic heterocycles. The number of carboxylic acid groups (broad SMARTS) is 1. The quantitative estimate of drug-likeness (QED) is 0.496. The molecule has 2 heteroatoms. The summed E-state index contributed by atoms with van der Waals surface area (Å²) < 4.78 is 0. The van der Waals surface area contributed by atoms with E-state index < -0.39 is 5.97 Å². The topological polar surface area (TPSA) is 37.3 Å². The Kier molecular flexibility index (Phi) is 7.69. The summed E-state index contributed by atoms with van der Waals surface area (Å²) in [5, 5.41) is 9.71. The van der Waals surface area contributed by atoms with Gasteiger partial charge in [-0.1, -0.05) is 81.7 Å². The van der Waals surface area contributed by atoms with E-state index in [1.807, 2.05) is 6.07 Å². The summed E-state index contributed by atoms with van der Waals surface area (Å²) in [5.74, 6) is 0.577. The first-order valence-corrected chi connectivity index (χ1v) is 11.3. The number of allylic oxidation sites excluding steroid dienone is 1. The molecule has 0 atom stereocenters. The Bertz CT molecular complexity index is 824. The first kappa shape index (κ1) is 21.4. The zero-order chi connectivity index (χ0) is 20.6. The highest BCUT2D eigenvalue weighted by Gasteiger charge is 2.23. The van der Waals surface area contributed by atoms with Crippen LogP contribution in [0, 0.1) is 5.92 Å². The maximum Gasteiger partial charge on any atom is 0.336 e. The van der Waals surface area contributed by atoms with Crippen LogP contribution in [0.2, 0.25) is 0 Å². The van der Waals surface area contributed by atoms with Gasteiger partial charge in [0.1, 0.15) is 0 Å². The summed E-state index contributed by atoms with van der Waals surface area (Å²) in [5.41, 5.74) is 4.67. The maximum atomic E-state index is 11.8. The summed E-state index contributed by atoms with van der Waals surface area (Å²) in [7, 11) is 0. The molecule has 0 amide bonds. The van der Waals surface area contributed by atoms with Gasteiger partial charge in [-0.15, -0.1) is 0 Å². The number of carboxylic acids is 1. The Morgan fingerprint density at radius 3 is 2.34 bits per heavy atom. The van der Waals surface area contributed by atoms with Crippen LogP contribution < -0.4 is 0 Å². The Labute approximate surface area is 175 Å². The van der Waals surface area contributed by atoms with Crippen LogP contribution in [0.4, 0.5) is 0 Å². The lowest BCUT2D eigenvalue weighted by Gasteiger charge is -2.29. The van der Waals surface area contributed by atoms with Crippen molar-refractivity contribution in [2.75, 3.05) is 0 Å². The molecule has 0 aromatic heterocycles. The summed E-state index contributed by atoms with van der Waals surface area (Å²) in [4.78, 5) is 11.8. The lowest BCUT2D eigenvalue weighted by molar-refractivity contribution is 0.0697. The highest BCUT2D eigenvalue weighted by atomic mass is 16.4. The molecule has 1 aliphatic carbocycles. The largest absolute Gasteiger partial charge is 0.478 e. The summed E-state index contributed by atoms with van der Waals surface area (Å²) in [6.07, 6.45) is 14.2. The molecule has 3 rings (SSSR count). The predicted octanol–water partition coefficient (Wildman–Crippen LogP) is 7.94. The molecule has 1 fully saturated rings. The van der Waals surface area contributed by atoms with Crippen LogP contribution in [0.25, 0.3) is 17.2 Å². The Morgan fingerprint density at radius 1 is 1.00 bits per heavy atom. The number of hydrogen-bond acceptors (Lipinski definition) is 1. The molecular formula is C27H34O2. The minimum atomic E-state index is -0.856. The van der Waals surface area contributed by atoms with Gasteiger partial charge in [-0.05, 0) is 72.3 Å². The minimum absolute atomic E-state index is 0.391. The Balaban J connectivity index is 1.83. The third kappa shape index (κ3) is 5.59. The molecule has 0 bridgehead atoms. The average Bonchev–Trinajstić information content (AvgIpc) is 2.75. The number of carbonyl (C=O) groups is 1. The van der Waals surface area contributed by atoms with Crippen molar-refractivity contribution in [2.45, 2.75) is 71.1 Å². The SMILES string of the molecule is CCCC=Cc1ccc(-c2cc(C3CCC(CCC)CC3)ccc2C(=O)O)cc1. The van der Waals surface area contributed by atoms with Crippen molar-refractivity contribution in [1.82, 2.24) is 0 Å². The van der Waals surface area contributed by atoms with Crippen LogP contribution in [0.3, 0.4) is 0 Å². The molecule has 0 radical (unpaired) electrons. The predicted molar refractivity (Wildman–Crippen MR) is 122 cm³/mol. The monoisotopic (exact) mass is 390 g/mol. The lowest BCUT2D eigenvalue weighted by atomic mass is 9.76. The second kappa shape index (κ2) is 10.4. The van der Waals surface area contributed by atoms with Crippen molar-refractivity contribution in [3.63, 3.8) is 0 Å². The van der Waals surface area contributed by atoms with Crippen molar-refractivity contribution in [2.24, 2.45) is 5.92 Å². The minimum Gasteiger partial charge on any atom is -0.478 e. The zero-order valence-electron chi connectivity index (χ0n) is 17.9. The van der Waals surface area contributed by atoms with E-state index in [0.717, 1.165) is 35.4 Å². The van der Waals surface area contributed by atoms with Crippen LogP contribution in [0.15, 0.2) is 48.5 Å². The van der Waals surface area contributed by atoms with Crippen LogP contribution in [0.1, 0.15) is 92.6 Å². The summed E-state index contributed by atoms with van der Waals surface area (Å²) in [6.45, 7) is 4.44. The van der Waals surface area contributed by atoms with Gasteiger partial charge < -0.3 is 5.11 Å². The van der Waals surface area contributed by atoms with E-state index in [1.54, 1.807) is 6.07 Å². The van der Waals surface area contributed by atoms with Crippen LogP contribution >= 0.6 is 0 Å². The van der Waals surface area contributed by atoms with Gasteiger partial charge in [0, 0.05) is 0 Å². The molecule has 1 saturated carbocycles. The van der Waals surface area contributed by atoms with Gasteiger partial charge in [-0.25, -0.2) is 4.79 Å². The molecule has 2 aromatic rings. The molecule has 2 nitrogen and oxygen atoms in total. The van der Waals surface area contributed by atoms with Crippen molar-refractivity contribution in [3.8, 4) is 11.1 Å². The highest BCUT2D eigenvalue weighted by molar-refractivity contribution is 5.96. The number of hydrogen-bond donors (Lipinski definition) is 1. The first-order valence-electron chi connectivity index (χ1n) is 11.3. The molecular weight excluding hydrogens is 356 g/mol. The number of rotatable bonds is 8. The van der Waals surface area contributed by atoms with E-state index in [4.69, 9.17) is 0 Å². The lowest BCUT2D eigenvalue weighted by Crippen LogP contribution is -2.13. The molecule has 1 aliphatic rings. The van der Waals surface area contributed by atoms with E-state index >= 15 is 0 Å². The second-order valence-corrected chi connectivity index (χ2v) is 8.43. The Morgan fingerprint density at radius 2 is 1.72 bits per heavy atom. The molecule has 29 heavy (non-hydrogen) atoms. The molecule has 1 N–H and O–H groups in total. The maximum absolute atomic E-state index is 11.8. The van der Waals surface area contributed by atoms with Gasteiger partial charge in [0.05, 0.1) is 5.56 Å². The molecule has 154 valence electrons. The van der Waals surface area contributed by atoms with Gasteiger partial charge in [0.25, 0.3) is 0 Å². The van der Waals surface area contributed by atoms with Crippen LogP contribution in [-0.4, -0.2) is 11.1 Å². The summed E-state index contributed by atoms with van der Waals surface area (Å²) >= 11 is 0. The first-order chi connectivity index (χ1) is 14.1. The number of unbranched alkanes of at least 4 members (excludes halogenated alkanes) is 1. The van der Waals surface area contributed by atoms with Gasteiger partial charge in [0.2, 0.25) is 0 Å². The smallest absolute Gasteiger partial charge is 0.336 e. The van der Waals surface area contributed by atoms with Crippen molar-refractivity contribution in [3.05, 3.63) is 65.2 Å². The van der Waals surface area contributed by atoms with E-state index in [9.17, 15) is 9.90 Å². The average molecular weight is 391 g/mol. The summed E-state index contributed by atoms with van der Waals surface area (Å²) in [6, 6.07) is 14.2. The fourth-order valence-electron chi connectivity index (χ4n) is 4.59. The van der Waals surface area contributed by atoms with E-state index in [1.165, 1.54) is 44.1 Å². The molecule has 0 saturated heterocycles. The van der Waals surface area contributed by atoms with Crippen molar-refractivity contribution >= 4 is 12.0 Å². The van der Waals surface area contributed by atoms with Gasteiger partial charge >= 0.3 is 5.97 Å². The van der Waals surface area contributed by atoms with Crippen molar-refractivity contribution in [1.29, 1.82) is 0 Å². The molecule has 0 unspecified atom stereocenters. The van der Waals surface area contributed by atoms with Crippen molar-refractivity contribution < 1.29 is 9.90 Å². The fourth-order valence-corrected chi connectivity index (χ4v) is 4.59. The van der Waals surface area contributed by atoms with Gasteiger partial charge in [-0.3, -0.25) is 0 Å². The molecule has 2 aromatic carbocycles. The zero-order valence-corrected chi connectivity index (χ0v) is 17.9. The van der Waals surface area contributed by atoms with Crippen LogP contribution in [-0.2, 0) is 0 Å². The van der Waals surface area contributed by atoms with E-state index in [2.05, 4.69) is 56.3 Å². The molecule has 0 heterocycles. The number of benzene rings is 2. The van der Waals surface area contributed by atoms with Gasteiger partial charge in [-0.2, -0.15) is 0 Å². The van der Waals surface area contributed by atoms with E-state index in [-0.39, 0.29) is 0 Å². The highest BCUT2D eigenvalue weighted by Crippen LogP contribution is 2.39. The third-order valence-corrected chi connectivity index (χ3v) is 6.28. The normalized spacial score (nSPS) is 19.5. The van der Waals surface area contributed by atoms with Gasteiger partial charge in [0.15, 0.2) is 0 Å². The number of aromatic carboxylic acids is 1. The second-order valence-electron chi connectivity index (χ2n) is 8.43. The molecule has 0 spiro atoms. The van der Waals surface area contributed by atoms with Crippen LogP contribution in [0.5, 0.6) is 0 Å². The Hall–Kier alpha value is -2.35. The van der Waals surface area contributed by atoms with E-state index in [0.29, 0.717) is 11.5 Å². The fraction of sp³-hybridized carbons (Fsp3) is 0.444. The third-order valence-electron chi connectivity index (χ3n) is 6.28. The standard InChI is InChI=1S/C27H34O2/c1-3-5-6-8-21-11-15-23(16-12-21)26-19-24(17-18-25(26)27(28)29)22-13-9-20(7-4-2)10-14-22/h6,8,11-12,15-20,22H,3-5,7,9-10,13-14H2,1-2H3,(H,28,29).